The van der Waals surface area contributed by atoms with Gasteiger partial charge in [-0.3, -0.25) is 14.4 Å². The second kappa shape index (κ2) is 17.1. The highest BCUT2D eigenvalue weighted by atomic mass is 16.7. The molecule has 0 saturated carbocycles. The summed E-state index contributed by atoms with van der Waals surface area (Å²) in [5.74, 6) is -5.78. The number of aliphatic hydroxyl groups excluding tert-OH is 5. The molecule has 2 aliphatic carbocycles. The largest absolute Gasteiger partial charge is 0.507 e. The van der Waals surface area contributed by atoms with Gasteiger partial charge in [0.25, 0.3) is 5.91 Å². The number of ketones is 2. The molecule has 20 nitrogen and oxygen atoms in total. The van der Waals surface area contributed by atoms with E-state index in [1.54, 1.807) is 20.9 Å². The summed E-state index contributed by atoms with van der Waals surface area (Å²) in [6, 6.07) is 2.78. The number of esters is 1. The fourth-order valence-electron chi connectivity index (χ4n) is 8.56. The molecule has 0 spiro atoms. The van der Waals surface area contributed by atoms with E-state index in [1.165, 1.54) is 33.1 Å². The summed E-state index contributed by atoms with van der Waals surface area (Å²) >= 11 is 0. The topological polar surface area (TPSA) is 310 Å². The van der Waals surface area contributed by atoms with E-state index in [9.17, 15) is 60.0 Å². The summed E-state index contributed by atoms with van der Waals surface area (Å²) in [5, 5.41) is 95.5. The molecule has 20 heteroatoms. The highest BCUT2D eigenvalue weighted by Gasteiger charge is 2.51. The number of methoxy groups -OCH3 is 1. The van der Waals surface area contributed by atoms with Crippen molar-refractivity contribution >= 4 is 23.4 Å². The number of nitrogens with one attached hydrogen (secondary N) is 2. The zero-order valence-corrected chi connectivity index (χ0v) is 34.3. The van der Waals surface area contributed by atoms with Crippen LogP contribution < -0.4 is 15.4 Å². The summed E-state index contributed by atoms with van der Waals surface area (Å²) in [6.07, 6.45) is -15.4. The second-order valence-corrected chi connectivity index (χ2v) is 15.5. The minimum Gasteiger partial charge on any atom is -0.507 e. The van der Waals surface area contributed by atoms with Crippen LogP contribution in [-0.2, 0) is 28.5 Å². The number of likely N-dealkylation sites (N-methyl/N-ethyl adjacent to an activating group) is 1. The number of aryl methyl sites for hydroxylation is 1. The van der Waals surface area contributed by atoms with Crippen LogP contribution in [0.15, 0.2) is 24.3 Å². The van der Waals surface area contributed by atoms with Crippen molar-refractivity contribution in [1.82, 2.24) is 10.6 Å². The Labute approximate surface area is 353 Å². The lowest BCUT2D eigenvalue weighted by Gasteiger charge is -2.47. The average molecular weight is 869 g/mol. The molecule has 2 heterocycles. The maximum Gasteiger partial charge on any atom is 0.328 e. The van der Waals surface area contributed by atoms with Gasteiger partial charge in [-0.2, -0.15) is 0 Å². The van der Waals surface area contributed by atoms with Gasteiger partial charge < -0.3 is 79.9 Å². The van der Waals surface area contributed by atoms with Crippen LogP contribution in [0.4, 0.5) is 0 Å². The molecule has 10 N–H and O–H groups in total. The van der Waals surface area contributed by atoms with Gasteiger partial charge in [-0.05, 0) is 63.6 Å². The number of phenolic OH excluding ortho intramolecular Hbond substituents is 3. The first-order valence-electron chi connectivity index (χ1n) is 19.8. The van der Waals surface area contributed by atoms with E-state index in [-0.39, 0.29) is 51.3 Å². The lowest BCUT2D eigenvalue weighted by atomic mass is 9.74. The Morgan fingerprint density at radius 3 is 2.18 bits per heavy atom. The summed E-state index contributed by atoms with van der Waals surface area (Å²) in [4.78, 5) is 54.5. The van der Waals surface area contributed by atoms with Gasteiger partial charge in [-0.1, -0.05) is 6.07 Å². The maximum absolute atomic E-state index is 14.2. The number of carbonyl (C=O) groups excluding carboxylic acids is 4. The maximum atomic E-state index is 14.2. The minimum atomic E-state index is -1.88. The van der Waals surface area contributed by atoms with Crippen LogP contribution in [0, 0.1) is 6.92 Å². The molecule has 0 bridgehead atoms. The first-order chi connectivity index (χ1) is 29.4. The van der Waals surface area contributed by atoms with E-state index in [1.807, 2.05) is 0 Å². The van der Waals surface area contributed by atoms with Crippen LogP contribution in [0.2, 0.25) is 0 Å². The molecule has 0 aromatic heterocycles. The van der Waals surface area contributed by atoms with E-state index < -0.39 is 137 Å². The molecule has 12 atom stereocenters. The number of aliphatic hydroxyl groups is 5. The molecule has 7 rings (SSSR count). The van der Waals surface area contributed by atoms with Crippen LogP contribution in [0.1, 0.15) is 91.9 Å². The fourth-order valence-corrected chi connectivity index (χ4v) is 8.56. The van der Waals surface area contributed by atoms with Crippen molar-refractivity contribution in [1.29, 1.82) is 0 Å². The van der Waals surface area contributed by atoms with Gasteiger partial charge >= 0.3 is 5.97 Å². The molecular weight excluding hydrogens is 820 g/mol. The van der Waals surface area contributed by atoms with Crippen LogP contribution in [-0.4, -0.2) is 153 Å². The summed E-state index contributed by atoms with van der Waals surface area (Å²) < 4.78 is 34.1. The number of phenols is 3. The molecule has 62 heavy (non-hydrogen) atoms. The quantitative estimate of drug-likeness (QED) is 0.0928. The van der Waals surface area contributed by atoms with Gasteiger partial charge in [0.2, 0.25) is 0 Å². The number of carbonyl (C=O) groups is 4. The first-order valence-corrected chi connectivity index (χ1v) is 19.8. The Morgan fingerprint density at radius 1 is 0.855 bits per heavy atom. The summed E-state index contributed by atoms with van der Waals surface area (Å²) in [6.45, 7) is 5.60. The van der Waals surface area contributed by atoms with Gasteiger partial charge in [-0.25, -0.2) is 4.79 Å². The number of ether oxygens (including phenoxy) is 6. The predicted octanol–water partition coefficient (Wildman–Crippen LogP) is -0.133. The molecule has 0 radical (unpaired) electrons. The van der Waals surface area contributed by atoms with Gasteiger partial charge in [0.1, 0.15) is 71.8 Å². The number of aromatic hydroxyl groups is 3. The molecule has 2 aliphatic heterocycles. The molecule has 4 aliphatic rings. The number of amides is 1. The third kappa shape index (κ3) is 7.34. The molecule has 334 valence electrons. The summed E-state index contributed by atoms with van der Waals surface area (Å²) in [7, 11) is 2.82. The number of benzene rings is 3. The van der Waals surface area contributed by atoms with Crippen LogP contribution in [0.25, 0.3) is 11.1 Å². The first kappa shape index (κ1) is 44.8. The van der Waals surface area contributed by atoms with Crippen molar-refractivity contribution in [2.24, 2.45) is 0 Å². The van der Waals surface area contributed by atoms with Gasteiger partial charge in [0.15, 0.2) is 24.1 Å². The molecule has 3 aromatic rings. The zero-order chi connectivity index (χ0) is 45.2. The van der Waals surface area contributed by atoms with Crippen molar-refractivity contribution in [2.75, 3.05) is 27.4 Å². The Bertz CT molecular complexity index is 2320. The SMILES string of the molecule is CCOC(=O)[C@@H](C)NC(=O)c1c(C)cc2c(c1O)-c1c(cc3c(c1O)C(=O)c1cc(OC)cc(O)c1C3=O)[C@H](O)[C@H]2O[C@@H]1O[C@H](C)[C@H](NC)[C@H](O[C@@H]2OC[C@@H](O)[C@H](O)[C@H]2O)[C@H]1O. The number of hydrogen-bond acceptors (Lipinski definition) is 19. The Balaban J connectivity index is 1.36. The normalized spacial score (nSPS) is 29.4. The molecule has 2 fully saturated rings. The van der Waals surface area contributed by atoms with Crippen molar-refractivity contribution in [3.05, 3.63) is 68.8 Å². The van der Waals surface area contributed by atoms with E-state index in [0.717, 1.165) is 12.1 Å². The Morgan fingerprint density at radius 2 is 1.52 bits per heavy atom. The van der Waals surface area contributed by atoms with E-state index in [0.29, 0.717) is 0 Å². The van der Waals surface area contributed by atoms with Crippen LogP contribution in [0.3, 0.4) is 0 Å². The van der Waals surface area contributed by atoms with E-state index >= 15 is 0 Å². The lowest BCUT2D eigenvalue weighted by Crippen LogP contribution is -2.65. The van der Waals surface area contributed by atoms with Gasteiger partial charge in [0, 0.05) is 28.3 Å². The molecule has 2 saturated heterocycles. The lowest BCUT2D eigenvalue weighted by molar-refractivity contribution is -0.339. The predicted molar refractivity (Wildman–Crippen MR) is 210 cm³/mol. The minimum absolute atomic E-state index is 0.0224. The standard InChI is InChI=1S/C42H48N2O18/c1-7-58-40(56)14(3)44-39(55)23-13(2)8-20-26(33(23)51)25-18(11-19-27(34(25)52)30(48)17-9-16(57-6)10-21(45)24(17)29(19)47)31(49)37(20)61-42-36(54)38(28(43-5)15(4)60-42)62-41-35(53)32(50)22(46)12-59-41/h8-11,14-15,22,28,31-32,35-38,41-43,45-46,49-54H,7,12H2,1-6H3,(H,44,55)/t14-,15-,22-,28+,31+,32+,35-,36-,37+,38+,41+,42+/m1/s1. The van der Waals surface area contributed by atoms with Crippen molar-refractivity contribution < 1.29 is 88.5 Å². The van der Waals surface area contributed by atoms with Crippen molar-refractivity contribution in [3.63, 3.8) is 0 Å². The fraction of sp³-hybridized carbons (Fsp3) is 0.476. The summed E-state index contributed by atoms with van der Waals surface area (Å²) in [5.41, 5.74) is -3.06. The van der Waals surface area contributed by atoms with Crippen molar-refractivity contribution in [2.45, 2.75) is 101 Å². The monoisotopic (exact) mass is 868 g/mol. The number of fused-ring (bicyclic) bond motifs is 5. The highest BCUT2D eigenvalue weighted by Crippen LogP contribution is 2.57. The highest BCUT2D eigenvalue weighted by molar-refractivity contribution is 6.31. The third-order valence-corrected chi connectivity index (χ3v) is 11.7. The van der Waals surface area contributed by atoms with Gasteiger partial charge in [-0.15, -0.1) is 0 Å². The molecule has 1 amide bonds. The number of rotatable bonds is 10. The van der Waals surface area contributed by atoms with Gasteiger partial charge in [0.05, 0.1) is 49.2 Å². The number of hydrogen-bond donors (Lipinski definition) is 10. The molecular formula is C42H48N2O18. The Hall–Kier alpha value is -5.26. The zero-order valence-electron chi connectivity index (χ0n) is 34.3. The average Bonchev–Trinajstić information content (AvgIpc) is 3.22. The van der Waals surface area contributed by atoms with Crippen molar-refractivity contribution in [3.8, 4) is 34.1 Å². The van der Waals surface area contributed by atoms with Crippen LogP contribution >= 0.6 is 0 Å². The molecule has 0 unspecified atom stereocenters. The van der Waals surface area contributed by atoms with E-state index in [2.05, 4.69) is 10.6 Å². The third-order valence-electron chi connectivity index (χ3n) is 11.7. The Kier molecular flexibility index (Phi) is 12.4. The second-order valence-electron chi connectivity index (χ2n) is 15.5. The van der Waals surface area contributed by atoms with E-state index in [4.69, 9.17) is 28.4 Å². The smallest absolute Gasteiger partial charge is 0.328 e. The molecule has 3 aromatic carbocycles. The van der Waals surface area contributed by atoms with Crippen LogP contribution in [0.5, 0.6) is 23.0 Å².